The van der Waals surface area contributed by atoms with Crippen molar-refractivity contribution in [3.05, 3.63) is 23.2 Å². The van der Waals surface area contributed by atoms with Gasteiger partial charge in [-0.2, -0.15) is 0 Å². The smallest absolute Gasteiger partial charge is 0.138 e. The Labute approximate surface area is 150 Å². The Hall–Kier alpha value is -0.970. The number of hydrogen-bond acceptors (Lipinski definition) is 4. The number of halogens is 1. The molecule has 0 bridgehead atoms. The van der Waals surface area contributed by atoms with Crippen molar-refractivity contribution in [2.75, 3.05) is 31.7 Å². The first-order valence-electron chi connectivity index (χ1n) is 8.97. The number of fused-ring (bicyclic) bond motifs is 1. The molecule has 1 saturated carbocycles. The van der Waals surface area contributed by atoms with Gasteiger partial charge >= 0.3 is 0 Å². The highest BCUT2D eigenvalue weighted by atomic mass is 35.5. The topological polar surface area (TPSA) is 35.9 Å². The third-order valence-electron chi connectivity index (χ3n) is 5.70. The number of hydrogen-bond donors (Lipinski definition) is 1. The van der Waals surface area contributed by atoms with E-state index in [1.807, 2.05) is 12.1 Å². The zero-order valence-corrected chi connectivity index (χ0v) is 15.7. The van der Waals surface area contributed by atoms with Gasteiger partial charge in [0.1, 0.15) is 12.4 Å². The van der Waals surface area contributed by atoms with Gasteiger partial charge in [0.25, 0.3) is 0 Å². The van der Waals surface area contributed by atoms with Crippen LogP contribution in [0.3, 0.4) is 0 Å². The molecule has 1 aromatic carbocycles. The Morgan fingerprint density at radius 2 is 1.96 bits per heavy atom. The average molecular weight is 353 g/mol. The van der Waals surface area contributed by atoms with Gasteiger partial charge < -0.3 is 14.7 Å². The van der Waals surface area contributed by atoms with Gasteiger partial charge in [-0.25, -0.2) is 0 Å². The lowest BCUT2D eigenvalue weighted by molar-refractivity contribution is 0.0337. The highest BCUT2D eigenvalue weighted by molar-refractivity contribution is 6.32. The minimum atomic E-state index is -0.00547. The van der Waals surface area contributed by atoms with Crippen LogP contribution in [0.4, 0.5) is 5.69 Å². The van der Waals surface area contributed by atoms with E-state index >= 15 is 0 Å². The summed E-state index contributed by atoms with van der Waals surface area (Å²) in [7, 11) is 2.28. The van der Waals surface area contributed by atoms with E-state index in [2.05, 4.69) is 36.8 Å². The minimum absolute atomic E-state index is 0.00547. The number of piperazine rings is 1. The summed E-state index contributed by atoms with van der Waals surface area (Å²) in [4.78, 5) is 5.12. The van der Waals surface area contributed by atoms with E-state index in [0.717, 1.165) is 6.54 Å². The number of likely N-dealkylation sites (N-methyl/N-ethyl adjacent to an activating group) is 1. The molecule has 2 fully saturated rings. The van der Waals surface area contributed by atoms with E-state index in [-0.39, 0.29) is 18.8 Å². The summed E-state index contributed by atoms with van der Waals surface area (Å²) in [6, 6.07) is 7.20. The first kappa shape index (κ1) is 17.8. The van der Waals surface area contributed by atoms with Crippen molar-refractivity contribution in [1.82, 2.24) is 4.90 Å². The van der Waals surface area contributed by atoms with E-state index < -0.39 is 0 Å². The first-order chi connectivity index (χ1) is 11.4. The van der Waals surface area contributed by atoms with Crippen LogP contribution in [0.2, 0.25) is 5.02 Å². The Kier molecular flexibility index (Phi) is 5.28. The van der Waals surface area contributed by atoms with Crippen LogP contribution < -0.4 is 9.64 Å². The molecule has 0 unspecified atom stereocenters. The van der Waals surface area contributed by atoms with Gasteiger partial charge in [0.05, 0.1) is 11.6 Å². The number of ether oxygens (including phenoxy) is 1. The Morgan fingerprint density at radius 1 is 1.25 bits per heavy atom. The molecule has 0 aromatic heterocycles. The molecule has 3 rings (SSSR count). The van der Waals surface area contributed by atoms with Crippen molar-refractivity contribution in [3.8, 4) is 5.75 Å². The van der Waals surface area contributed by atoms with Crippen LogP contribution in [0.15, 0.2) is 18.2 Å². The summed E-state index contributed by atoms with van der Waals surface area (Å²) in [6.45, 7) is 5.91. The maximum atomic E-state index is 8.91. The summed E-state index contributed by atoms with van der Waals surface area (Å²) >= 11 is 6.42. The molecule has 1 aliphatic heterocycles. The summed E-state index contributed by atoms with van der Waals surface area (Å²) in [6.07, 6.45) is 5.14. The molecule has 0 radical (unpaired) electrons. The molecule has 2 aliphatic rings. The normalized spacial score (nSPS) is 27.0. The van der Waals surface area contributed by atoms with Crippen LogP contribution in [-0.2, 0) is 0 Å². The fraction of sp³-hybridized carbons (Fsp3) is 0.684. The zero-order chi connectivity index (χ0) is 17.3. The molecule has 4 nitrogen and oxygen atoms in total. The SMILES string of the molecule is CN1[C@@H]2CCCC[C@@H]2N(c2ccc(OCCO)c(Cl)c2)CC1(C)C. The van der Waals surface area contributed by atoms with Crippen molar-refractivity contribution in [3.63, 3.8) is 0 Å². The molecule has 24 heavy (non-hydrogen) atoms. The molecule has 134 valence electrons. The van der Waals surface area contributed by atoms with E-state index in [0.29, 0.717) is 22.9 Å². The fourth-order valence-corrected chi connectivity index (χ4v) is 4.45. The van der Waals surface area contributed by atoms with Crippen LogP contribution in [0, 0.1) is 0 Å². The maximum Gasteiger partial charge on any atom is 0.138 e. The Morgan fingerprint density at radius 3 is 2.62 bits per heavy atom. The largest absolute Gasteiger partial charge is 0.490 e. The molecule has 2 atom stereocenters. The number of rotatable bonds is 4. The Balaban J connectivity index is 1.87. The number of nitrogens with zero attached hydrogens (tertiary/aromatic N) is 2. The van der Waals surface area contributed by atoms with Gasteiger partial charge in [-0.05, 0) is 51.9 Å². The molecule has 1 aromatic rings. The maximum absolute atomic E-state index is 8.91. The van der Waals surface area contributed by atoms with Crippen molar-refractivity contribution in [2.45, 2.75) is 57.2 Å². The zero-order valence-electron chi connectivity index (χ0n) is 15.0. The van der Waals surface area contributed by atoms with Crippen LogP contribution in [-0.4, -0.2) is 54.4 Å². The molecule has 0 amide bonds. The third kappa shape index (κ3) is 3.37. The fourth-order valence-electron chi connectivity index (χ4n) is 4.23. The highest BCUT2D eigenvalue weighted by Gasteiger charge is 2.44. The Bertz CT molecular complexity index is 578. The highest BCUT2D eigenvalue weighted by Crippen LogP contribution is 2.40. The molecule has 5 heteroatoms. The van der Waals surface area contributed by atoms with E-state index in [1.165, 1.54) is 31.4 Å². The third-order valence-corrected chi connectivity index (χ3v) is 6.00. The van der Waals surface area contributed by atoms with E-state index in [4.69, 9.17) is 21.4 Å². The van der Waals surface area contributed by atoms with Gasteiger partial charge in [-0.15, -0.1) is 0 Å². The molecule has 1 aliphatic carbocycles. The number of aliphatic hydroxyl groups is 1. The summed E-state index contributed by atoms with van der Waals surface area (Å²) in [5.74, 6) is 0.642. The minimum Gasteiger partial charge on any atom is -0.490 e. The second-order valence-corrected chi connectivity index (χ2v) is 8.06. The molecule has 1 N–H and O–H groups in total. The molecule has 0 spiro atoms. The number of aliphatic hydroxyl groups excluding tert-OH is 1. The molecular weight excluding hydrogens is 324 g/mol. The predicted molar refractivity (Wildman–Crippen MR) is 99.3 cm³/mol. The first-order valence-corrected chi connectivity index (χ1v) is 9.34. The van der Waals surface area contributed by atoms with Crippen molar-refractivity contribution < 1.29 is 9.84 Å². The molecular formula is C19H29ClN2O2. The summed E-state index contributed by atoms with van der Waals surface area (Å²) < 4.78 is 5.48. The average Bonchev–Trinajstić information content (AvgIpc) is 2.57. The lowest BCUT2D eigenvalue weighted by Crippen LogP contribution is -2.67. The standard InChI is InChI=1S/C19H29ClN2O2/c1-19(2)13-22(17-7-5-4-6-16(17)21(19)3)14-8-9-18(15(20)12-14)24-11-10-23/h8-9,12,16-17,23H,4-7,10-11,13H2,1-3H3/t16-,17+/m1/s1. The number of benzene rings is 1. The summed E-state index contributed by atoms with van der Waals surface area (Å²) in [5.41, 5.74) is 1.31. The lowest BCUT2D eigenvalue weighted by Gasteiger charge is -2.57. The van der Waals surface area contributed by atoms with Crippen LogP contribution in [0.5, 0.6) is 5.75 Å². The molecule has 1 heterocycles. The van der Waals surface area contributed by atoms with Crippen molar-refractivity contribution in [2.24, 2.45) is 0 Å². The number of anilines is 1. The second kappa shape index (κ2) is 7.11. The quantitative estimate of drug-likeness (QED) is 0.898. The van der Waals surface area contributed by atoms with Crippen LogP contribution >= 0.6 is 11.6 Å². The summed E-state index contributed by atoms with van der Waals surface area (Å²) in [5, 5.41) is 9.52. The van der Waals surface area contributed by atoms with E-state index in [1.54, 1.807) is 0 Å². The second-order valence-electron chi connectivity index (χ2n) is 7.66. The van der Waals surface area contributed by atoms with Crippen LogP contribution in [0.25, 0.3) is 0 Å². The van der Waals surface area contributed by atoms with Gasteiger partial charge in [-0.1, -0.05) is 24.4 Å². The van der Waals surface area contributed by atoms with E-state index in [9.17, 15) is 0 Å². The predicted octanol–water partition coefficient (Wildman–Crippen LogP) is 3.55. The van der Waals surface area contributed by atoms with Crippen molar-refractivity contribution >= 4 is 17.3 Å². The van der Waals surface area contributed by atoms with Gasteiger partial charge in [-0.3, -0.25) is 4.90 Å². The monoisotopic (exact) mass is 352 g/mol. The van der Waals surface area contributed by atoms with Crippen molar-refractivity contribution in [1.29, 1.82) is 0 Å². The van der Waals surface area contributed by atoms with Gasteiger partial charge in [0.2, 0.25) is 0 Å². The van der Waals surface area contributed by atoms with Crippen LogP contribution in [0.1, 0.15) is 39.5 Å². The van der Waals surface area contributed by atoms with Gasteiger partial charge in [0.15, 0.2) is 0 Å². The lowest BCUT2D eigenvalue weighted by atomic mass is 9.81. The van der Waals surface area contributed by atoms with Gasteiger partial charge in [0, 0.05) is 29.9 Å². The molecule has 1 saturated heterocycles.